The van der Waals surface area contributed by atoms with Gasteiger partial charge in [-0.25, -0.2) is 27.2 Å². The van der Waals surface area contributed by atoms with Gasteiger partial charge < -0.3 is 10.5 Å². The Hall–Kier alpha value is -2.25. The molecule has 0 saturated heterocycles. The maximum absolute atomic E-state index is 13.3. The second-order valence-electron chi connectivity index (χ2n) is 9.70. The van der Waals surface area contributed by atoms with E-state index < -0.39 is 50.5 Å². The molecule has 0 heterocycles. The van der Waals surface area contributed by atoms with Gasteiger partial charge >= 0.3 is 12.3 Å². The minimum absolute atomic E-state index is 0.0970. The molecule has 13 heteroatoms. The normalized spacial score (nSPS) is 15.7. The third-order valence-corrected chi connectivity index (χ3v) is 7.60. The molecule has 0 unspecified atom stereocenters. The van der Waals surface area contributed by atoms with Crippen LogP contribution in [0.15, 0.2) is 23.1 Å². The first kappa shape index (κ1) is 31.0. The number of hydrogen-bond acceptors (Lipinski definition) is 6. The fourth-order valence-electron chi connectivity index (χ4n) is 4.18. The van der Waals surface area contributed by atoms with E-state index >= 15 is 0 Å². The van der Waals surface area contributed by atoms with Gasteiger partial charge in [-0.2, -0.15) is 13.2 Å². The number of imide groups is 1. The van der Waals surface area contributed by atoms with E-state index in [1.54, 1.807) is 0 Å². The molecule has 37 heavy (non-hydrogen) atoms. The molecule has 0 aliphatic heterocycles. The summed E-state index contributed by atoms with van der Waals surface area (Å²) in [5.74, 6) is -1.47. The highest BCUT2D eigenvalue weighted by Crippen LogP contribution is 2.34. The molecule has 0 radical (unpaired) electrons. The van der Waals surface area contributed by atoms with Crippen molar-refractivity contribution in [3.8, 4) is 0 Å². The topological polar surface area (TPSA) is 119 Å². The van der Waals surface area contributed by atoms with E-state index in [9.17, 15) is 35.6 Å². The van der Waals surface area contributed by atoms with Crippen molar-refractivity contribution in [1.29, 1.82) is 0 Å². The number of ether oxygens (including phenoxy) is 1. The predicted molar refractivity (Wildman–Crippen MR) is 128 cm³/mol. The smallest absolute Gasteiger partial charge is 0.417 e. The van der Waals surface area contributed by atoms with Gasteiger partial charge in [-0.05, 0) is 62.1 Å². The van der Waals surface area contributed by atoms with E-state index in [2.05, 4.69) is 4.72 Å². The molecule has 2 rings (SSSR count). The first-order valence-corrected chi connectivity index (χ1v) is 13.8. The summed E-state index contributed by atoms with van der Waals surface area (Å²) in [7, 11) is -4.60. The quantitative estimate of drug-likeness (QED) is 0.292. The van der Waals surface area contributed by atoms with Gasteiger partial charge in [-0.15, -0.1) is 0 Å². The summed E-state index contributed by atoms with van der Waals surface area (Å²) in [5.41, 5.74) is 4.37. The van der Waals surface area contributed by atoms with E-state index in [0.717, 1.165) is 30.6 Å². The third kappa shape index (κ3) is 9.53. The van der Waals surface area contributed by atoms with E-state index in [0.29, 0.717) is 18.6 Å². The van der Waals surface area contributed by atoms with Crippen LogP contribution in [0.1, 0.15) is 64.4 Å². The van der Waals surface area contributed by atoms with E-state index in [1.807, 2.05) is 13.8 Å². The van der Waals surface area contributed by atoms with Crippen molar-refractivity contribution in [3.63, 3.8) is 0 Å². The highest BCUT2D eigenvalue weighted by molar-refractivity contribution is 7.89. The first-order valence-electron chi connectivity index (χ1n) is 12.3. The number of rotatable bonds is 12. The van der Waals surface area contributed by atoms with Crippen LogP contribution in [-0.4, -0.2) is 51.1 Å². The van der Waals surface area contributed by atoms with Gasteiger partial charge in [0.25, 0.3) is 0 Å². The number of amides is 2. The standard InChI is InChI=1S/C24H35F4N3O5S/c1-16(2)13-20(29)22(32)31(23(33)36-15-17-7-3-4-8-17)12-6-5-11-30-37(34,35)21-10-9-18(25)14-19(21)24(26,27)28/h9-10,14,16-17,20,30H,3-8,11-13,15,29H2,1-2H3/t20-/m0/s1. The van der Waals surface area contributed by atoms with Gasteiger partial charge in [0.05, 0.1) is 23.1 Å². The minimum Gasteiger partial charge on any atom is -0.449 e. The molecular formula is C24H35F4N3O5S. The summed E-state index contributed by atoms with van der Waals surface area (Å²) in [5, 5.41) is 0. The summed E-state index contributed by atoms with van der Waals surface area (Å²) in [4.78, 5) is 25.3. The largest absolute Gasteiger partial charge is 0.449 e. The molecule has 0 bridgehead atoms. The van der Waals surface area contributed by atoms with Crippen molar-refractivity contribution in [2.45, 2.75) is 75.9 Å². The van der Waals surface area contributed by atoms with Crippen LogP contribution in [0.4, 0.5) is 22.4 Å². The molecule has 1 fully saturated rings. The number of sulfonamides is 1. The van der Waals surface area contributed by atoms with Crippen molar-refractivity contribution >= 4 is 22.0 Å². The number of carbonyl (C=O) groups excluding carboxylic acids is 2. The van der Waals surface area contributed by atoms with Crippen molar-refractivity contribution in [2.75, 3.05) is 19.7 Å². The van der Waals surface area contributed by atoms with Crippen LogP contribution in [0.3, 0.4) is 0 Å². The van der Waals surface area contributed by atoms with Crippen LogP contribution in [-0.2, 0) is 25.7 Å². The monoisotopic (exact) mass is 553 g/mol. The molecule has 2 amide bonds. The average molecular weight is 554 g/mol. The number of hydrogen-bond donors (Lipinski definition) is 2. The molecule has 1 saturated carbocycles. The number of alkyl halides is 3. The fourth-order valence-corrected chi connectivity index (χ4v) is 5.46. The van der Waals surface area contributed by atoms with Crippen molar-refractivity contribution in [3.05, 3.63) is 29.6 Å². The molecule has 1 aromatic rings. The Labute approximate surface area is 215 Å². The Morgan fingerprint density at radius 1 is 1.19 bits per heavy atom. The fraction of sp³-hybridized carbons (Fsp3) is 0.667. The average Bonchev–Trinajstić information content (AvgIpc) is 3.32. The summed E-state index contributed by atoms with van der Waals surface area (Å²) in [6.45, 7) is 3.59. The number of carbonyl (C=O) groups is 2. The molecule has 1 aliphatic rings. The lowest BCUT2D eigenvalue weighted by Gasteiger charge is -2.25. The Kier molecular flexibility index (Phi) is 11.3. The van der Waals surface area contributed by atoms with Gasteiger partial charge in [-0.3, -0.25) is 4.79 Å². The SMILES string of the molecule is CC(C)C[C@H](N)C(=O)N(CCCCNS(=O)(=O)c1ccc(F)cc1C(F)(F)F)C(=O)OCC1CCCC1. The van der Waals surface area contributed by atoms with Crippen molar-refractivity contribution < 1.29 is 40.3 Å². The van der Waals surface area contributed by atoms with Crippen LogP contribution in [0, 0.1) is 17.7 Å². The van der Waals surface area contributed by atoms with Crippen LogP contribution in [0.25, 0.3) is 0 Å². The molecular weight excluding hydrogens is 518 g/mol. The van der Waals surface area contributed by atoms with Gasteiger partial charge in [0.15, 0.2) is 0 Å². The number of unbranched alkanes of at least 4 members (excludes halogenated alkanes) is 1. The molecule has 210 valence electrons. The Morgan fingerprint density at radius 2 is 1.84 bits per heavy atom. The minimum atomic E-state index is -5.07. The van der Waals surface area contributed by atoms with Crippen LogP contribution < -0.4 is 10.5 Å². The summed E-state index contributed by atoms with van der Waals surface area (Å²) in [6, 6.07) is 0.384. The van der Waals surface area contributed by atoms with Gasteiger partial charge in [0.1, 0.15) is 5.82 Å². The maximum Gasteiger partial charge on any atom is 0.417 e. The van der Waals surface area contributed by atoms with E-state index in [-0.39, 0.29) is 50.4 Å². The second-order valence-corrected chi connectivity index (χ2v) is 11.4. The third-order valence-electron chi connectivity index (χ3n) is 6.08. The van der Waals surface area contributed by atoms with Crippen molar-refractivity contribution in [1.82, 2.24) is 9.62 Å². The molecule has 1 aliphatic carbocycles. The van der Waals surface area contributed by atoms with Gasteiger partial charge in [0, 0.05) is 13.1 Å². The second kappa shape index (κ2) is 13.5. The lowest BCUT2D eigenvalue weighted by atomic mass is 10.0. The summed E-state index contributed by atoms with van der Waals surface area (Å²) in [6.07, 6.45) is -1.29. The summed E-state index contributed by atoms with van der Waals surface area (Å²) < 4.78 is 85.2. The van der Waals surface area contributed by atoms with Crippen LogP contribution >= 0.6 is 0 Å². The van der Waals surface area contributed by atoms with E-state index in [1.165, 1.54) is 0 Å². The molecule has 1 atom stereocenters. The zero-order chi connectivity index (χ0) is 27.8. The van der Waals surface area contributed by atoms with Crippen LogP contribution in [0.5, 0.6) is 0 Å². The molecule has 0 aromatic heterocycles. The lowest BCUT2D eigenvalue weighted by Crippen LogP contribution is -2.48. The predicted octanol–water partition coefficient (Wildman–Crippen LogP) is 4.43. The highest BCUT2D eigenvalue weighted by atomic mass is 32.2. The molecule has 3 N–H and O–H groups in total. The number of nitrogens with zero attached hydrogens (tertiary/aromatic N) is 1. The molecule has 1 aromatic carbocycles. The Bertz CT molecular complexity index is 1030. The van der Waals surface area contributed by atoms with E-state index in [4.69, 9.17) is 10.5 Å². The number of benzene rings is 1. The van der Waals surface area contributed by atoms with Crippen molar-refractivity contribution in [2.24, 2.45) is 17.6 Å². The van der Waals surface area contributed by atoms with Gasteiger partial charge in [-0.1, -0.05) is 26.7 Å². The van der Waals surface area contributed by atoms with Gasteiger partial charge in [0.2, 0.25) is 15.9 Å². The zero-order valence-corrected chi connectivity index (χ0v) is 21.8. The first-order chi connectivity index (χ1) is 17.2. The Morgan fingerprint density at radius 3 is 2.43 bits per heavy atom. The number of nitrogens with two attached hydrogens (primary N) is 1. The van der Waals surface area contributed by atoms with Crippen LogP contribution in [0.2, 0.25) is 0 Å². The zero-order valence-electron chi connectivity index (χ0n) is 21.0. The molecule has 0 spiro atoms. The number of nitrogens with one attached hydrogen (secondary N) is 1. The maximum atomic E-state index is 13.3. The highest BCUT2D eigenvalue weighted by Gasteiger charge is 2.37. The Balaban J connectivity index is 1.98. The lowest BCUT2D eigenvalue weighted by molar-refractivity contribution is -0.140. The molecule has 8 nitrogen and oxygen atoms in total. The number of halogens is 4. The summed E-state index contributed by atoms with van der Waals surface area (Å²) >= 11 is 0.